The summed E-state index contributed by atoms with van der Waals surface area (Å²) >= 11 is 0. The highest BCUT2D eigenvalue weighted by Gasteiger charge is 2.35. The fourth-order valence-corrected chi connectivity index (χ4v) is 4.31. The maximum Gasteiger partial charge on any atom is 0.338 e. The van der Waals surface area contributed by atoms with Crippen LogP contribution in [-0.4, -0.2) is 50.8 Å². The Hall–Kier alpha value is -2.54. The quantitative estimate of drug-likeness (QED) is 0.759. The topological polar surface area (TPSA) is 79.9 Å². The van der Waals surface area contributed by atoms with Crippen molar-refractivity contribution in [1.82, 2.24) is 15.5 Å². The first-order valence-electron chi connectivity index (χ1n) is 9.66. The van der Waals surface area contributed by atoms with Crippen LogP contribution in [0.4, 0.5) is 4.79 Å². The van der Waals surface area contributed by atoms with Gasteiger partial charge in [-0.05, 0) is 36.0 Å². The van der Waals surface area contributed by atoms with Crippen molar-refractivity contribution in [3.63, 3.8) is 0 Å². The third-order valence-electron chi connectivity index (χ3n) is 5.31. The molecule has 28 heavy (non-hydrogen) atoms. The summed E-state index contributed by atoms with van der Waals surface area (Å²) in [5.41, 5.74) is 1.80. The van der Waals surface area contributed by atoms with Gasteiger partial charge in [-0.15, -0.1) is 0 Å². The van der Waals surface area contributed by atoms with E-state index in [1.54, 1.807) is 7.11 Å². The number of rotatable bonds is 5. The van der Waals surface area contributed by atoms with Gasteiger partial charge in [0.25, 0.3) is 0 Å². The van der Waals surface area contributed by atoms with Crippen LogP contribution in [0.15, 0.2) is 35.5 Å². The van der Waals surface area contributed by atoms with Crippen molar-refractivity contribution in [2.75, 3.05) is 33.9 Å². The molecule has 0 saturated carbocycles. The minimum atomic E-state index is -0.592. The van der Waals surface area contributed by atoms with E-state index in [2.05, 4.69) is 29.4 Å². The molecule has 2 amide bonds. The summed E-state index contributed by atoms with van der Waals surface area (Å²) in [4.78, 5) is 27.3. The molecule has 1 fully saturated rings. The normalized spacial score (nSPS) is 25.7. The largest absolute Gasteiger partial charge is 0.497 e. The predicted molar refractivity (Wildman–Crippen MR) is 106 cm³/mol. The number of hydrogen-bond donors (Lipinski definition) is 2. The van der Waals surface area contributed by atoms with Crippen molar-refractivity contribution in [2.45, 2.75) is 26.3 Å². The molecule has 1 aromatic rings. The van der Waals surface area contributed by atoms with Crippen molar-refractivity contribution >= 4 is 12.0 Å². The molecule has 3 atom stereocenters. The van der Waals surface area contributed by atoms with E-state index in [0.29, 0.717) is 35.4 Å². The van der Waals surface area contributed by atoms with Crippen LogP contribution < -0.4 is 15.4 Å². The van der Waals surface area contributed by atoms with Gasteiger partial charge in [0.2, 0.25) is 0 Å². The van der Waals surface area contributed by atoms with Crippen LogP contribution in [0.2, 0.25) is 0 Å². The van der Waals surface area contributed by atoms with E-state index in [0.717, 1.165) is 18.7 Å². The number of hydrogen-bond acceptors (Lipinski definition) is 5. The van der Waals surface area contributed by atoms with Crippen LogP contribution in [0, 0.1) is 11.8 Å². The van der Waals surface area contributed by atoms with Crippen LogP contribution in [0.5, 0.6) is 5.75 Å². The van der Waals surface area contributed by atoms with Crippen molar-refractivity contribution < 1.29 is 19.1 Å². The molecular weight excluding hydrogens is 358 g/mol. The van der Waals surface area contributed by atoms with E-state index < -0.39 is 12.0 Å². The van der Waals surface area contributed by atoms with Gasteiger partial charge in [-0.25, -0.2) is 9.59 Å². The Balaban J connectivity index is 1.97. The number of esters is 1. The first kappa shape index (κ1) is 20.2. The lowest BCUT2D eigenvalue weighted by molar-refractivity contribution is -0.136. The third kappa shape index (κ3) is 4.47. The molecule has 0 radical (unpaired) electrons. The van der Waals surface area contributed by atoms with E-state index in [9.17, 15) is 9.59 Å². The van der Waals surface area contributed by atoms with Gasteiger partial charge in [-0.1, -0.05) is 26.0 Å². The summed E-state index contributed by atoms with van der Waals surface area (Å²) in [5, 5.41) is 5.69. The third-order valence-corrected chi connectivity index (χ3v) is 5.31. The second-order valence-electron chi connectivity index (χ2n) is 7.83. The lowest BCUT2D eigenvalue weighted by atomic mass is 9.91. The minimum absolute atomic E-state index is 0.325. The van der Waals surface area contributed by atoms with Gasteiger partial charge in [0.1, 0.15) is 5.75 Å². The number of amides is 2. The highest BCUT2D eigenvalue weighted by Crippen LogP contribution is 2.31. The molecule has 0 spiro atoms. The van der Waals surface area contributed by atoms with Crippen LogP contribution in [0.3, 0.4) is 0 Å². The van der Waals surface area contributed by atoms with Gasteiger partial charge in [-0.3, -0.25) is 4.90 Å². The Morgan fingerprint density at radius 2 is 1.93 bits per heavy atom. The summed E-state index contributed by atoms with van der Waals surface area (Å²) in [6.45, 7) is 6.86. The van der Waals surface area contributed by atoms with Gasteiger partial charge in [0.15, 0.2) is 0 Å². The van der Waals surface area contributed by atoms with E-state index in [4.69, 9.17) is 9.47 Å². The molecule has 2 aliphatic rings. The first-order chi connectivity index (χ1) is 13.4. The number of urea groups is 1. The molecule has 0 aliphatic carbocycles. The van der Waals surface area contributed by atoms with Gasteiger partial charge < -0.3 is 20.1 Å². The van der Waals surface area contributed by atoms with Crippen molar-refractivity contribution in [3.05, 3.63) is 41.1 Å². The van der Waals surface area contributed by atoms with Gasteiger partial charge in [0, 0.05) is 25.3 Å². The maximum absolute atomic E-state index is 12.7. The number of carbonyl (C=O) groups is 2. The number of ether oxygens (including phenoxy) is 2. The molecule has 2 N–H and O–H groups in total. The highest BCUT2D eigenvalue weighted by atomic mass is 16.5. The van der Waals surface area contributed by atoms with Crippen LogP contribution in [-0.2, 0) is 9.53 Å². The van der Waals surface area contributed by atoms with Gasteiger partial charge in [0.05, 0.1) is 25.8 Å². The smallest absolute Gasteiger partial charge is 0.338 e. The fourth-order valence-electron chi connectivity index (χ4n) is 4.31. The maximum atomic E-state index is 12.7. The number of benzene rings is 1. The molecule has 1 aromatic carbocycles. The second kappa shape index (κ2) is 8.65. The fraction of sp³-hybridized carbons (Fsp3) is 0.524. The summed E-state index contributed by atoms with van der Waals surface area (Å²) < 4.78 is 10.4. The van der Waals surface area contributed by atoms with Gasteiger partial charge in [-0.2, -0.15) is 0 Å². The molecule has 7 nitrogen and oxygen atoms in total. The van der Waals surface area contributed by atoms with Gasteiger partial charge >= 0.3 is 12.0 Å². The zero-order chi connectivity index (χ0) is 20.3. The Morgan fingerprint density at radius 3 is 2.57 bits per heavy atom. The van der Waals surface area contributed by atoms with Crippen LogP contribution in [0.1, 0.15) is 31.9 Å². The average Bonchev–Trinajstić information content (AvgIpc) is 2.66. The van der Waals surface area contributed by atoms with E-state index in [1.165, 1.54) is 13.5 Å². The number of nitrogens with zero attached hydrogens (tertiary/aromatic N) is 1. The molecule has 7 heteroatoms. The molecule has 2 aliphatic heterocycles. The summed E-state index contributed by atoms with van der Waals surface area (Å²) in [6, 6.07) is 6.43. The standard InChI is InChI=1S/C21H29N3O4/c1-13-8-14(2)11-24(10-13)12-17-18(20(25)28-4)19(23-21(26)22-17)15-6-5-7-16(9-15)27-3/h5-7,9,13-14,19H,8,10-12H2,1-4H3,(H2,22,23,26)/t13-,14-,19-/m1/s1. The van der Waals surface area contributed by atoms with Crippen molar-refractivity contribution in [2.24, 2.45) is 11.8 Å². The average molecular weight is 387 g/mol. The molecule has 0 unspecified atom stereocenters. The Bertz CT molecular complexity index is 767. The van der Waals surface area contributed by atoms with Crippen molar-refractivity contribution in [3.8, 4) is 5.75 Å². The number of likely N-dealkylation sites (tertiary alicyclic amines) is 1. The zero-order valence-corrected chi connectivity index (χ0v) is 17.0. The lowest BCUT2D eigenvalue weighted by Gasteiger charge is -2.37. The predicted octanol–water partition coefficient (Wildman–Crippen LogP) is 2.45. The molecule has 3 rings (SSSR count). The summed E-state index contributed by atoms with van der Waals surface area (Å²) in [7, 11) is 2.94. The molecule has 1 saturated heterocycles. The van der Waals surface area contributed by atoms with E-state index in [1.807, 2.05) is 24.3 Å². The van der Waals surface area contributed by atoms with E-state index in [-0.39, 0.29) is 6.03 Å². The molecule has 0 bridgehead atoms. The van der Waals surface area contributed by atoms with Crippen molar-refractivity contribution in [1.29, 1.82) is 0 Å². The Morgan fingerprint density at radius 1 is 1.21 bits per heavy atom. The molecular formula is C21H29N3O4. The van der Waals surface area contributed by atoms with Crippen LogP contribution in [0.25, 0.3) is 0 Å². The molecule has 0 aromatic heterocycles. The monoisotopic (exact) mass is 387 g/mol. The number of carbonyl (C=O) groups excluding carboxylic acids is 2. The minimum Gasteiger partial charge on any atom is -0.497 e. The number of piperidine rings is 1. The first-order valence-corrected chi connectivity index (χ1v) is 9.66. The number of nitrogens with one attached hydrogen (secondary N) is 2. The van der Waals surface area contributed by atoms with Crippen LogP contribution >= 0.6 is 0 Å². The SMILES string of the molecule is COC(=O)C1=C(CN2C[C@H](C)C[C@@H](C)C2)NC(=O)N[C@@H]1c1cccc(OC)c1. The lowest BCUT2D eigenvalue weighted by Crippen LogP contribution is -2.50. The Kier molecular flexibility index (Phi) is 6.24. The number of methoxy groups -OCH3 is 2. The van der Waals surface area contributed by atoms with E-state index >= 15 is 0 Å². The molecule has 2 heterocycles. The zero-order valence-electron chi connectivity index (χ0n) is 17.0. The molecule has 152 valence electrons. The summed E-state index contributed by atoms with van der Waals surface area (Å²) in [6.07, 6.45) is 1.19. The summed E-state index contributed by atoms with van der Waals surface area (Å²) in [5.74, 6) is 1.37. The Labute approximate surface area is 166 Å². The second-order valence-corrected chi connectivity index (χ2v) is 7.83. The highest BCUT2D eigenvalue weighted by molar-refractivity contribution is 5.95.